The van der Waals surface area contributed by atoms with Crippen molar-refractivity contribution < 1.29 is 13.6 Å². The quantitative estimate of drug-likeness (QED) is 0.538. The van der Waals surface area contributed by atoms with E-state index in [9.17, 15) is 18.8 Å². The number of halogens is 2. The summed E-state index contributed by atoms with van der Waals surface area (Å²) in [7, 11) is 0. The maximum absolute atomic E-state index is 13.7. The smallest absolute Gasteiger partial charge is 0.263 e. The summed E-state index contributed by atoms with van der Waals surface area (Å²) in [6.45, 7) is 1.96. The van der Waals surface area contributed by atoms with Crippen LogP contribution < -0.4 is 10.6 Å². The van der Waals surface area contributed by atoms with Gasteiger partial charge in [0.2, 0.25) is 0 Å². The Bertz CT molecular complexity index is 979. The number of nitriles is 1. The Kier molecular flexibility index (Phi) is 6.61. The van der Waals surface area contributed by atoms with Crippen LogP contribution in [0, 0.1) is 23.0 Å². The fourth-order valence-corrected chi connectivity index (χ4v) is 3.53. The maximum Gasteiger partial charge on any atom is 0.263 e. The van der Waals surface area contributed by atoms with E-state index in [2.05, 4.69) is 22.8 Å². The van der Waals surface area contributed by atoms with E-state index in [1.54, 1.807) is 0 Å². The summed E-state index contributed by atoms with van der Waals surface area (Å²) in [6.07, 6.45) is 6.25. The summed E-state index contributed by atoms with van der Waals surface area (Å²) < 4.78 is 27.0. The zero-order valence-electron chi connectivity index (χ0n) is 16.3. The van der Waals surface area contributed by atoms with Gasteiger partial charge in [0.15, 0.2) is 0 Å². The number of rotatable bonds is 6. The lowest BCUT2D eigenvalue weighted by molar-refractivity contribution is -0.117. The molecular formula is C23H23F2N3O. The number of carbonyl (C=O) groups is 1. The lowest BCUT2D eigenvalue weighted by Crippen LogP contribution is -2.29. The van der Waals surface area contributed by atoms with Crippen LogP contribution >= 0.6 is 0 Å². The van der Waals surface area contributed by atoms with E-state index in [0.717, 1.165) is 42.8 Å². The first-order valence-corrected chi connectivity index (χ1v) is 9.76. The van der Waals surface area contributed by atoms with Gasteiger partial charge < -0.3 is 10.6 Å². The van der Waals surface area contributed by atoms with Crippen LogP contribution in [0.4, 0.5) is 14.5 Å². The number of aryl methyl sites for hydroxylation is 2. The first kappa shape index (κ1) is 20.5. The summed E-state index contributed by atoms with van der Waals surface area (Å²) in [5.74, 6) is -1.87. The highest BCUT2D eigenvalue weighted by molar-refractivity contribution is 5.97. The fraction of sp³-hybridized carbons (Fsp3) is 0.304. The van der Waals surface area contributed by atoms with Gasteiger partial charge in [0, 0.05) is 12.3 Å². The molecule has 0 aromatic heterocycles. The molecule has 1 amide bonds. The molecule has 6 heteroatoms. The number of nitrogens with one attached hydrogen (secondary N) is 2. The summed E-state index contributed by atoms with van der Waals surface area (Å²) in [5.41, 5.74) is 3.32. The summed E-state index contributed by atoms with van der Waals surface area (Å²) in [5, 5.41) is 14.7. The monoisotopic (exact) mass is 395 g/mol. The van der Waals surface area contributed by atoms with Gasteiger partial charge >= 0.3 is 0 Å². The normalized spacial score (nSPS) is 14.5. The van der Waals surface area contributed by atoms with Gasteiger partial charge in [-0.15, -0.1) is 0 Å². The van der Waals surface area contributed by atoms with E-state index in [1.807, 2.05) is 19.1 Å². The highest BCUT2D eigenvalue weighted by atomic mass is 19.1. The van der Waals surface area contributed by atoms with Crippen LogP contribution in [0.3, 0.4) is 0 Å². The third-order valence-corrected chi connectivity index (χ3v) is 5.15. The van der Waals surface area contributed by atoms with Crippen molar-refractivity contribution in [2.24, 2.45) is 0 Å². The summed E-state index contributed by atoms with van der Waals surface area (Å²) in [4.78, 5) is 12.6. The van der Waals surface area contributed by atoms with Crippen LogP contribution in [-0.2, 0) is 17.6 Å². The first-order valence-electron chi connectivity index (χ1n) is 9.76. The number of hydrogen-bond donors (Lipinski definition) is 2. The van der Waals surface area contributed by atoms with Gasteiger partial charge in [0.05, 0.1) is 11.7 Å². The molecule has 0 radical (unpaired) electrons. The van der Waals surface area contributed by atoms with Crippen molar-refractivity contribution >= 4 is 11.6 Å². The SMILES string of the molecule is CCC(NC(=O)/C(C#N)=C\Nc1cc(F)ccc1F)c1ccc2c(c1)CCCC2. The minimum absolute atomic E-state index is 0.146. The molecule has 0 heterocycles. The van der Waals surface area contributed by atoms with Crippen molar-refractivity contribution in [1.82, 2.24) is 5.32 Å². The van der Waals surface area contributed by atoms with E-state index >= 15 is 0 Å². The van der Waals surface area contributed by atoms with Crippen molar-refractivity contribution in [3.8, 4) is 6.07 Å². The highest BCUT2D eigenvalue weighted by Crippen LogP contribution is 2.26. The van der Waals surface area contributed by atoms with Crippen molar-refractivity contribution in [3.05, 3.63) is 76.5 Å². The standard InChI is InChI=1S/C23H23F2N3O/c1-2-21(17-8-7-15-5-3-4-6-16(15)11-17)28-23(29)18(13-26)14-27-22-12-19(24)9-10-20(22)25/h7-12,14,21,27H,2-6H2,1H3,(H,28,29)/b18-14-. The van der Waals surface area contributed by atoms with Gasteiger partial charge in [-0.2, -0.15) is 5.26 Å². The average molecular weight is 395 g/mol. The van der Waals surface area contributed by atoms with Gasteiger partial charge in [0.1, 0.15) is 23.3 Å². The molecule has 1 aliphatic carbocycles. The Morgan fingerprint density at radius 2 is 1.93 bits per heavy atom. The van der Waals surface area contributed by atoms with Gasteiger partial charge in [-0.25, -0.2) is 8.78 Å². The van der Waals surface area contributed by atoms with E-state index in [0.29, 0.717) is 6.42 Å². The third kappa shape index (κ3) is 5.00. The molecule has 1 unspecified atom stereocenters. The topological polar surface area (TPSA) is 64.9 Å². The minimum Gasteiger partial charge on any atom is -0.358 e. The van der Waals surface area contributed by atoms with Crippen LogP contribution in [0.15, 0.2) is 48.2 Å². The van der Waals surface area contributed by atoms with Gasteiger partial charge in [0.25, 0.3) is 5.91 Å². The summed E-state index contributed by atoms with van der Waals surface area (Å²) in [6, 6.07) is 10.8. The number of amides is 1. The second-order valence-electron chi connectivity index (χ2n) is 7.11. The predicted molar refractivity (Wildman–Crippen MR) is 108 cm³/mol. The second kappa shape index (κ2) is 9.33. The summed E-state index contributed by atoms with van der Waals surface area (Å²) >= 11 is 0. The van der Waals surface area contributed by atoms with Crippen molar-refractivity contribution in [1.29, 1.82) is 5.26 Å². The van der Waals surface area contributed by atoms with Gasteiger partial charge in [-0.1, -0.05) is 25.1 Å². The van der Waals surface area contributed by atoms with Gasteiger partial charge in [-0.05, 0) is 60.9 Å². The van der Waals surface area contributed by atoms with Crippen LogP contribution in [-0.4, -0.2) is 5.91 Å². The highest BCUT2D eigenvalue weighted by Gasteiger charge is 2.18. The lowest BCUT2D eigenvalue weighted by Gasteiger charge is -2.21. The molecule has 1 aliphatic rings. The van der Waals surface area contributed by atoms with E-state index in [-0.39, 0.29) is 17.3 Å². The molecule has 0 saturated heterocycles. The molecule has 0 aliphatic heterocycles. The molecule has 1 atom stereocenters. The number of fused-ring (bicyclic) bond motifs is 1. The molecule has 2 aromatic carbocycles. The Morgan fingerprint density at radius 1 is 1.17 bits per heavy atom. The zero-order chi connectivity index (χ0) is 20.8. The number of hydrogen-bond acceptors (Lipinski definition) is 3. The average Bonchev–Trinajstić information content (AvgIpc) is 2.74. The predicted octanol–water partition coefficient (Wildman–Crippen LogP) is 4.93. The van der Waals surface area contributed by atoms with Crippen molar-refractivity contribution in [3.63, 3.8) is 0 Å². The maximum atomic E-state index is 13.7. The Hall–Kier alpha value is -3.20. The largest absolute Gasteiger partial charge is 0.358 e. The Morgan fingerprint density at radius 3 is 2.66 bits per heavy atom. The molecule has 0 spiro atoms. The van der Waals surface area contributed by atoms with Crippen LogP contribution in [0.2, 0.25) is 0 Å². The fourth-order valence-electron chi connectivity index (χ4n) is 3.53. The molecular weight excluding hydrogens is 372 g/mol. The first-order chi connectivity index (χ1) is 14.0. The van der Waals surface area contributed by atoms with Crippen LogP contribution in [0.5, 0.6) is 0 Å². The third-order valence-electron chi connectivity index (χ3n) is 5.15. The zero-order valence-corrected chi connectivity index (χ0v) is 16.3. The Balaban J connectivity index is 1.73. The van der Waals surface area contributed by atoms with Crippen molar-refractivity contribution in [2.45, 2.75) is 45.1 Å². The number of anilines is 1. The number of benzene rings is 2. The van der Waals surface area contributed by atoms with E-state index < -0.39 is 17.5 Å². The molecule has 2 N–H and O–H groups in total. The van der Waals surface area contributed by atoms with Gasteiger partial charge in [-0.3, -0.25) is 4.79 Å². The molecule has 3 rings (SSSR count). The van der Waals surface area contributed by atoms with E-state index in [1.165, 1.54) is 24.0 Å². The van der Waals surface area contributed by atoms with Crippen molar-refractivity contribution in [2.75, 3.05) is 5.32 Å². The lowest BCUT2D eigenvalue weighted by atomic mass is 9.88. The molecule has 29 heavy (non-hydrogen) atoms. The second-order valence-corrected chi connectivity index (χ2v) is 7.11. The van der Waals surface area contributed by atoms with Crippen LogP contribution in [0.1, 0.15) is 48.9 Å². The number of carbonyl (C=O) groups excluding carboxylic acids is 1. The molecule has 0 fully saturated rings. The molecule has 0 bridgehead atoms. The molecule has 150 valence electrons. The molecule has 2 aromatic rings. The number of nitrogens with zero attached hydrogens (tertiary/aromatic N) is 1. The van der Waals surface area contributed by atoms with E-state index in [4.69, 9.17) is 0 Å². The minimum atomic E-state index is -0.680. The Labute approximate surface area is 169 Å². The van der Waals surface area contributed by atoms with Crippen LogP contribution in [0.25, 0.3) is 0 Å². The molecule has 4 nitrogen and oxygen atoms in total. The molecule has 0 saturated carbocycles.